The van der Waals surface area contributed by atoms with Crippen molar-refractivity contribution in [1.82, 2.24) is 14.5 Å². The lowest BCUT2D eigenvalue weighted by atomic mass is 10.1. The fraction of sp³-hybridized carbons (Fsp3) is 0.444. The summed E-state index contributed by atoms with van der Waals surface area (Å²) in [6, 6.07) is 5.16. The van der Waals surface area contributed by atoms with E-state index in [1.54, 1.807) is 29.4 Å². The number of amides is 1. The van der Waals surface area contributed by atoms with Crippen molar-refractivity contribution in [2.45, 2.75) is 0 Å². The van der Waals surface area contributed by atoms with Crippen molar-refractivity contribution < 1.29 is 14.5 Å². The van der Waals surface area contributed by atoms with E-state index >= 15 is 0 Å². The van der Waals surface area contributed by atoms with E-state index < -0.39 is 0 Å². The van der Waals surface area contributed by atoms with E-state index in [0.29, 0.717) is 58.2 Å². The number of morpholine rings is 1. The molecule has 1 aromatic heterocycles. The third-order valence-corrected chi connectivity index (χ3v) is 5.15. The Balaban J connectivity index is 1.49. The van der Waals surface area contributed by atoms with E-state index in [0.717, 1.165) is 5.69 Å². The van der Waals surface area contributed by atoms with Crippen LogP contribution in [0.5, 0.6) is 0 Å². The summed E-state index contributed by atoms with van der Waals surface area (Å²) in [7, 11) is 0. The van der Waals surface area contributed by atoms with E-state index in [1.165, 1.54) is 10.9 Å². The molecule has 1 aromatic carbocycles. The number of aromatic nitrogens is 2. The van der Waals surface area contributed by atoms with Crippen LogP contribution in [0.1, 0.15) is 0 Å². The molecule has 0 N–H and O–H groups in total. The van der Waals surface area contributed by atoms with E-state index in [1.807, 2.05) is 11.0 Å². The molecule has 0 radical (unpaired) electrons. The highest BCUT2D eigenvalue weighted by atomic mass is 16.6. The van der Waals surface area contributed by atoms with Gasteiger partial charge in [-0.05, 0) is 12.1 Å². The van der Waals surface area contributed by atoms with Gasteiger partial charge in [-0.25, -0.2) is 9.78 Å². The molecule has 0 unspecified atom stereocenters. The Hall–Kier alpha value is -3.14. The number of hydrogen-bond acceptors (Lipinski definition) is 7. The summed E-state index contributed by atoms with van der Waals surface area (Å²) in [6.45, 7) is 4.91. The molecule has 10 heteroatoms. The van der Waals surface area contributed by atoms with Crippen molar-refractivity contribution in [2.75, 3.05) is 62.3 Å². The van der Waals surface area contributed by atoms with Gasteiger partial charge in [0.25, 0.3) is 5.69 Å². The smallest absolute Gasteiger partial charge is 0.329 e. The van der Waals surface area contributed by atoms with Gasteiger partial charge in [-0.1, -0.05) is 0 Å². The van der Waals surface area contributed by atoms with E-state index in [9.17, 15) is 14.9 Å². The van der Waals surface area contributed by atoms with Crippen molar-refractivity contribution in [3.8, 4) is 0 Å². The lowest BCUT2D eigenvalue weighted by Gasteiger charge is -2.36. The van der Waals surface area contributed by atoms with Crippen LogP contribution in [0.2, 0.25) is 0 Å². The minimum Gasteiger partial charge on any atom is -0.378 e. The van der Waals surface area contributed by atoms with Gasteiger partial charge in [-0.15, -0.1) is 0 Å². The van der Waals surface area contributed by atoms with E-state index in [2.05, 4.69) is 9.88 Å². The zero-order valence-corrected chi connectivity index (χ0v) is 15.4. The molecule has 2 aliphatic heterocycles. The first-order valence-corrected chi connectivity index (χ1v) is 9.27. The quantitative estimate of drug-likeness (QED) is 0.581. The van der Waals surface area contributed by atoms with E-state index in [-0.39, 0.29) is 16.6 Å². The van der Waals surface area contributed by atoms with Crippen molar-refractivity contribution in [1.29, 1.82) is 0 Å². The van der Waals surface area contributed by atoms with Crippen LogP contribution < -0.4 is 9.80 Å². The molecular formula is C18H22N6O4. The van der Waals surface area contributed by atoms with Gasteiger partial charge in [0.05, 0.1) is 18.1 Å². The monoisotopic (exact) mass is 386 g/mol. The van der Waals surface area contributed by atoms with Gasteiger partial charge in [0.1, 0.15) is 12.0 Å². The highest BCUT2D eigenvalue weighted by Gasteiger charge is 2.26. The number of piperazine rings is 1. The second kappa shape index (κ2) is 7.85. The summed E-state index contributed by atoms with van der Waals surface area (Å²) in [6.07, 6.45) is 4.72. The van der Waals surface area contributed by atoms with Crippen molar-refractivity contribution in [3.63, 3.8) is 0 Å². The Bertz CT molecular complexity index is 842. The minimum atomic E-state index is -0.337. The predicted octanol–water partition coefficient (Wildman–Crippen LogP) is 1.42. The number of imidazole rings is 1. The first kappa shape index (κ1) is 18.2. The topological polar surface area (TPSA) is 97.0 Å². The second-order valence-electron chi connectivity index (χ2n) is 6.76. The van der Waals surface area contributed by atoms with Crippen LogP contribution in [0.25, 0.3) is 0 Å². The molecule has 0 bridgehead atoms. The Labute approximate surface area is 162 Å². The second-order valence-corrected chi connectivity index (χ2v) is 6.76. The molecule has 28 heavy (non-hydrogen) atoms. The molecule has 0 aliphatic carbocycles. The Kier molecular flexibility index (Phi) is 5.11. The van der Waals surface area contributed by atoms with Gasteiger partial charge in [-0.2, -0.15) is 0 Å². The summed E-state index contributed by atoms with van der Waals surface area (Å²) in [5.41, 5.74) is 1.67. The number of nitro groups is 1. The average molecular weight is 386 g/mol. The molecule has 0 saturated carbocycles. The number of rotatable bonds is 3. The molecule has 3 heterocycles. The largest absolute Gasteiger partial charge is 0.378 e. The highest BCUT2D eigenvalue weighted by molar-refractivity contribution is 5.77. The van der Waals surface area contributed by atoms with Gasteiger partial charge in [-0.3, -0.25) is 14.7 Å². The number of anilines is 2. The molecule has 10 nitrogen and oxygen atoms in total. The molecule has 4 rings (SSSR count). The van der Waals surface area contributed by atoms with Gasteiger partial charge >= 0.3 is 6.03 Å². The Morgan fingerprint density at radius 1 is 1.07 bits per heavy atom. The zero-order chi connectivity index (χ0) is 19.5. The Morgan fingerprint density at radius 2 is 1.82 bits per heavy atom. The maximum Gasteiger partial charge on any atom is 0.329 e. The molecule has 2 aromatic rings. The van der Waals surface area contributed by atoms with Crippen molar-refractivity contribution >= 4 is 23.1 Å². The van der Waals surface area contributed by atoms with Crippen molar-refractivity contribution in [3.05, 3.63) is 47.0 Å². The van der Waals surface area contributed by atoms with Crippen LogP contribution in [0.4, 0.5) is 21.9 Å². The van der Waals surface area contributed by atoms with Crippen LogP contribution in [0, 0.1) is 10.1 Å². The maximum atomic E-state index is 12.4. The molecule has 2 aliphatic rings. The number of nitro benzene ring substituents is 1. The maximum absolute atomic E-state index is 12.4. The summed E-state index contributed by atoms with van der Waals surface area (Å²) in [5.74, 6) is 0. The zero-order valence-electron chi connectivity index (χ0n) is 15.4. The van der Waals surface area contributed by atoms with Crippen LogP contribution in [0.15, 0.2) is 36.9 Å². The lowest BCUT2D eigenvalue weighted by Crippen LogP contribution is -2.49. The number of carbonyl (C=O) groups excluding carboxylic acids is 1. The molecule has 1 amide bonds. The predicted molar refractivity (Wildman–Crippen MR) is 103 cm³/mol. The third-order valence-electron chi connectivity index (χ3n) is 5.15. The van der Waals surface area contributed by atoms with Crippen LogP contribution >= 0.6 is 0 Å². The SMILES string of the molecule is O=C(N1CCN(c2ccc([N+](=O)[O-])c(N3CCOCC3)c2)CC1)n1ccnc1. The minimum absolute atomic E-state index is 0.0881. The number of hydrogen-bond donors (Lipinski definition) is 0. The molecular weight excluding hydrogens is 364 g/mol. The molecule has 0 spiro atoms. The normalized spacial score (nSPS) is 17.6. The molecule has 0 atom stereocenters. The van der Waals surface area contributed by atoms with E-state index in [4.69, 9.17) is 4.74 Å². The third kappa shape index (κ3) is 3.63. The van der Waals surface area contributed by atoms with Crippen LogP contribution in [-0.4, -0.2) is 77.9 Å². The average Bonchev–Trinajstić information content (AvgIpc) is 3.28. The van der Waals surface area contributed by atoms with Crippen LogP contribution in [0.3, 0.4) is 0 Å². The lowest BCUT2D eigenvalue weighted by molar-refractivity contribution is -0.384. The fourth-order valence-corrected chi connectivity index (χ4v) is 3.61. The number of benzene rings is 1. The van der Waals surface area contributed by atoms with Crippen LogP contribution in [-0.2, 0) is 4.74 Å². The molecule has 2 fully saturated rings. The number of nitrogens with zero attached hydrogens (tertiary/aromatic N) is 6. The Morgan fingerprint density at radius 3 is 2.46 bits per heavy atom. The number of ether oxygens (including phenoxy) is 1. The van der Waals surface area contributed by atoms with Crippen molar-refractivity contribution in [2.24, 2.45) is 0 Å². The van der Waals surface area contributed by atoms with Gasteiger partial charge in [0.15, 0.2) is 0 Å². The number of carbonyl (C=O) groups is 1. The van der Waals surface area contributed by atoms with Gasteiger partial charge < -0.3 is 19.4 Å². The highest BCUT2D eigenvalue weighted by Crippen LogP contribution is 2.33. The molecule has 2 saturated heterocycles. The van der Waals surface area contributed by atoms with Gasteiger partial charge in [0.2, 0.25) is 0 Å². The van der Waals surface area contributed by atoms with Gasteiger partial charge in [0, 0.05) is 63.4 Å². The standard InChI is InChI=1S/C18H22N6O4/c25-18(23-4-3-19-14-23)22-7-5-20(6-8-22)15-1-2-16(24(26)27)17(13-15)21-9-11-28-12-10-21/h1-4,13-14H,5-12H2. The summed E-state index contributed by atoms with van der Waals surface area (Å²) in [5, 5.41) is 11.5. The first-order valence-electron chi connectivity index (χ1n) is 9.27. The first-order chi connectivity index (χ1) is 13.6. The fourth-order valence-electron chi connectivity index (χ4n) is 3.61. The summed E-state index contributed by atoms with van der Waals surface area (Å²) in [4.78, 5) is 33.4. The summed E-state index contributed by atoms with van der Waals surface area (Å²) < 4.78 is 6.84. The summed E-state index contributed by atoms with van der Waals surface area (Å²) >= 11 is 0. The molecule has 148 valence electrons.